The molecule has 0 aromatic heterocycles. The van der Waals surface area contributed by atoms with Crippen molar-refractivity contribution in [3.05, 3.63) is 54.0 Å². The quantitative estimate of drug-likeness (QED) is 0.749. The summed E-state index contributed by atoms with van der Waals surface area (Å²) in [4.78, 5) is 0.334. The van der Waals surface area contributed by atoms with Gasteiger partial charge in [-0.1, -0.05) is 34.1 Å². The lowest BCUT2D eigenvalue weighted by atomic mass is 10.2. The first-order valence-corrected chi connectivity index (χ1v) is 7.57. The number of hydrogen-bond donors (Lipinski definition) is 0. The molecule has 4 heteroatoms. The summed E-state index contributed by atoms with van der Waals surface area (Å²) in [7, 11) is -3.32. The smallest absolute Gasteiger partial charge is 0.181 e. The Hall–Kier alpha value is -0.870. The molecule has 1 rings (SSSR count). The van der Waals surface area contributed by atoms with E-state index in [2.05, 4.69) is 29.1 Å². The van der Waals surface area contributed by atoms with Crippen molar-refractivity contribution in [1.82, 2.24) is 0 Å². The molecule has 0 bridgehead atoms. The highest BCUT2D eigenvalue weighted by Crippen LogP contribution is 2.24. The lowest BCUT2D eigenvalue weighted by molar-refractivity contribution is 0.579. The fourth-order valence-electron chi connectivity index (χ4n) is 1.56. The third-order valence-corrected chi connectivity index (χ3v) is 5.09. The maximum Gasteiger partial charge on any atom is 0.181 e. The first-order chi connectivity index (χ1) is 8.02. The second kappa shape index (κ2) is 6.17. The maximum absolute atomic E-state index is 12.3. The normalized spacial score (nSPS) is 11.4. The average Bonchev–Trinajstić information content (AvgIpc) is 2.29. The third kappa shape index (κ3) is 3.54. The van der Waals surface area contributed by atoms with Crippen molar-refractivity contribution in [3.63, 3.8) is 0 Å². The van der Waals surface area contributed by atoms with Crippen molar-refractivity contribution < 1.29 is 8.42 Å². The summed E-state index contributed by atoms with van der Waals surface area (Å²) >= 11 is 3.28. The second-order valence-corrected chi connectivity index (χ2v) is 6.82. The van der Waals surface area contributed by atoms with Crippen LogP contribution < -0.4 is 0 Å². The Kier molecular flexibility index (Phi) is 5.15. The molecule has 0 unspecified atom stereocenters. The predicted octanol–water partition coefficient (Wildman–Crippen LogP) is 3.74. The zero-order valence-electron chi connectivity index (χ0n) is 9.47. The number of benzene rings is 1. The summed E-state index contributed by atoms with van der Waals surface area (Å²) in [6.45, 7) is 7.20. The molecule has 0 atom stereocenters. The summed E-state index contributed by atoms with van der Waals surface area (Å²) in [6.07, 6.45) is 4.12. The largest absolute Gasteiger partial charge is 0.223 e. The zero-order chi connectivity index (χ0) is 12.9. The van der Waals surface area contributed by atoms with Crippen LogP contribution in [0.1, 0.15) is 12.8 Å². The third-order valence-electron chi connectivity index (χ3n) is 2.42. The molecule has 1 aromatic rings. The van der Waals surface area contributed by atoms with E-state index in [9.17, 15) is 8.42 Å². The highest BCUT2D eigenvalue weighted by molar-refractivity contribution is 9.10. The molecule has 0 spiro atoms. The highest BCUT2D eigenvalue weighted by atomic mass is 79.9. The van der Waals surface area contributed by atoms with E-state index >= 15 is 0 Å². The van der Waals surface area contributed by atoms with Crippen molar-refractivity contribution in [3.8, 4) is 0 Å². The SMILES string of the molecule is C=CCC(CC=C)S(=O)(=O)c1cccc(Br)c1. The molecular formula is C13H15BrO2S. The van der Waals surface area contributed by atoms with Gasteiger partial charge in [0, 0.05) is 4.47 Å². The molecule has 0 saturated carbocycles. The average molecular weight is 315 g/mol. The number of halogens is 1. The monoisotopic (exact) mass is 314 g/mol. The number of rotatable bonds is 6. The van der Waals surface area contributed by atoms with Gasteiger partial charge in [-0.15, -0.1) is 13.2 Å². The van der Waals surface area contributed by atoms with Crippen molar-refractivity contribution in [2.45, 2.75) is 23.0 Å². The van der Waals surface area contributed by atoms with Gasteiger partial charge in [-0.2, -0.15) is 0 Å². The Morgan fingerprint density at radius 1 is 1.24 bits per heavy atom. The van der Waals surface area contributed by atoms with Crippen LogP contribution >= 0.6 is 15.9 Å². The summed E-state index contributed by atoms with van der Waals surface area (Å²) in [5, 5.41) is -0.480. The molecule has 2 nitrogen and oxygen atoms in total. The van der Waals surface area contributed by atoms with Gasteiger partial charge in [0.1, 0.15) is 0 Å². The fraction of sp³-hybridized carbons (Fsp3) is 0.231. The minimum absolute atomic E-state index is 0.334. The van der Waals surface area contributed by atoms with Crippen molar-refractivity contribution in [1.29, 1.82) is 0 Å². The molecule has 0 N–H and O–H groups in total. The van der Waals surface area contributed by atoms with Gasteiger partial charge in [0.2, 0.25) is 0 Å². The summed E-state index contributed by atoms with van der Waals surface area (Å²) in [6, 6.07) is 6.75. The first kappa shape index (κ1) is 14.2. The summed E-state index contributed by atoms with van der Waals surface area (Å²) < 4.78 is 25.5. The van der Waals surface area contributed by atoms with Crippen LogP contribution in [0.2, 0.25) is 0 Å². The van der Waals surface area contributed by atoms with E-state index in [-0.39, 0.29) is 0 Å². The Bertz CT molecular complexity index is 496. The van der Waals surface area contributed by atoms with Crippen LogP contribution in [0.3, 0.4) is 0 Å². The van der Waals surface area contributed by atoms with E-state index in [1.165, 1.54) is 0 Å². The molecule has 0 aliphatic carbocycles. The summed E-state index contributed by atoms with van der Waals surface area (Å²) in [5.41, 5.74) is 0. The van der Waals surface area contributed by atoms with Gasteiger partial charge in [-0.25, -0.2) is 8.42 Å². The standard InChI is InChI=1S/C13H15BrO2S/c1-3-6-12(7-4-2)17(15,16)13-9-5-8-11(14)10-13/h3-5,8-10,12H,1-2,6-7H2. The molecule has 0 amide bonds. The van der Waals surface area contributed by atoms with Crippen LogP contribution in [0.5, 0.6) is 0 Å². The van der Waals surface area contributed by atoms with E-state index < -0.39 is 15.1 Å². The van der Waals surface area contributed by atoms with E-state index in [0.29, 0.717) is 17.7 Å². The molecule has 0 saturated heterocycles. The molecule has 0 radical (unpaired) electrons. The van der Waals surface area contributed by atoms with Crippen LogP contribution in [-0.4, -0.2) is 13.7 Å². The van der Waals surface area contributed by atoms with E-state index in [1.54, 1.807) is 36.4 Å². The van der Waals surface area contributed by atoms with E-state index in [0.717, 1.165) is 4.47 Å². The Morgan fingerprint density at radius 3 is 2.29 bits per heavy atom. The molecular weight excluding hydrogens is 300 g/mol. The second-order valence-electron chi connectivity index (χ2n) is 3.67. The van der Waals surface area contributed by atoms with Gasteiger partial charge in [0.05, 0.1) is 10.1 Å². The highest BCUT2D eigenvalue weighted by Gasteiger charge is 2.25. The van der Waals surface area contributed by atoms with Crippen molar-refractivity contribution in [2.75, 3.05) is 0 Å². The Labute approximate surface area is 111 Å². The number of allylic oxidation sites excluding steroid dienone is 2. The van der Waals surface area contributed by atoms with Crippen LogP contribution in [0.25, 0.3) is 0 Å². The Balaban J connectivity index is 3.15. The lowest BCUT2D eigenvalue weighted by Crippen LogP contribution is -2.20. The molecule has 1 aromatic carbocycles. The van der Waals surface area contributed by atoms with Gasteiger partial charge in [-0.05, 0) is 31.0 Å². The molecule has 92 valence electrons. The van der Waals surface area contributed by atoms with Gasteiger partial charge >= 0.3 is 0 Å². The van der Waals surface area contributed by atoms with Gasteiger partial charge < -0.3 is 0 Å². The van der Waals surface area contributed by atoms with Crippen LogP contribution in [0.15, 0.2) is 58.9 Å². The number of hydrogen-bond acceptors (Lipinski definition) is 2. The van der Waals surface area contributed by atoms with Crippen LogP contribution in [0.4, 0.5) is 0 Å². The number of sulfone groups is 1. The molecule has 0 fully saturated rings. The summed E-state index contributed by atoms with van der Waals surface area (Å²) in [5.74, 6) is 0. The maximum atomic E-state index is 12.3. The van der Waals surface area contributed by atoms with Crippen LogP contribution in [-0.2, 0) is 9.84 Å². The van der Waals surface area contributed by atoms with Crippen molar-refractivity contribution >= 4 is 25.8 Å². The van der Waals surface area contributed by atoms with E-state index in [1.807, 2.05) is 0 Å². The lowest BCUT2D eigenvalue weighted by Gasteiger charge is -2.14. The van der Waals surface area contributed by atoms with Gasteiger partial charge in [0.15, 0.2) is 9.84 Å². The molecule has 17 heavy (non-hydrogen) atoms. The molecule has 0 heterocycles. The zero-order valence-corrected chi connectivity index (χ0v) is 11.9. The van der Waals surface area contributed by atoms with Crippen LogP contribution in [0, 0.1) is 0 Å². The minimum Gasteiger partial charge on any atom is -0.223 e. The first-order valence-electron chi connectivity index (χ1n) is 5.23. The van der Waals surface area contributed by atoms with Gasteiger partial charge in [0.25, 0.3) is 0 Å². The predicted molar refractivity (Wildman–Crippen MR) is 74.7 cm³/mol. The Morgan fingerprint density at radius 2 is 1.82 bits per heavy atom. The minimum atomic E-state index is -3.32. The molecule has 0 aliphatic rings. The topological polar surface area (TPSA) is 34.1 Å². The van der Waals surface area contributed by atoms with E-state index in [4.69, 9.17) is 0 Å². The van der Waals surface area contributed by atoms with Crippen molar-refractivity contribution in [2.24, 2.45) is 0 Å². The fourth-order valence-corrected chi connectivity index (χ4v) is 3.83. The van der Waals surface area contributed by atoms with Gasteiger partial charge in [-0.3, -0.25) is 0 Å². The molecule has 0 aliphatic heterocycles.